The maximum absolute atomic E-state index is 11.8. The van der Waals surface area contributed by atoms with Gasteiger partial charge in [-0.05, 0) is 42.7 Å². The lowest BCUT2D eigenvalue weighted by Gasteiger charge is -2.09. The van der Waals surface area contributed by atoms with E-state index < -0.39 is 0 Å². The van der Waals surface area contributed by atoms with Gasteiger partial charge in [0.1, 0.15) is 23.0 Å². The van der Waals surface area contributed by atoms with E-state index in [-0.39, 0.29) is 5.91 Å². The molecule has 0 aliphatic carbocycles. The van der Waals surface area contributed by atoms with Crippen LogP contribution >= 0.6 is 11.3 Å². The van der Waals surface area contributed by atoms with Gasteiger partial charge in [0.05, 0.1) is 18.3 Å². The van der Waals surface area contributed by atoms with Crippen molar-refractivity contribution in [3.63, 3.8) is 0 Å². The Hall–Kier alpha value is -2.86. The number of aromatic nitrogens is 1. The van der Waals surface area contributed by atoms with Crippen LogP contribution in [-0.2, 0) is 6.61 Å². The van der Waals surface area contributed by atoms with E-state index in [1.165, 1.54) is 11.3 Å². The molecule has 0 unspecified atom stereocenters. The number of nitrogens with zero attached hydrogens (tertiary/aromatic N) is 1. The minimum Gasteiger partial charge on any atom is -0.494 e. The van der Waals surface area contributed by atoms with E-state index in [4.69, 9.17) is 9.47 Å². The third-order valence-corrected chi connectivity index (χ3v) is 4.63. The van der Waals surface area contributed by atoms with Gasteiger partial charge < -0.3 is 14.8 Å². The van der Waals surface area contributed by atoms with Gasteiger partial charge in [-0.2, -0.15) is 0 Å². The molecule has 3 rings (SSSR count). The number of rotatable bonds is 10. The molecule has 1 aromatic heterocycles. The van der Waals surface area contributed by atoms with Crippen LogP contribution in [0, 0.1) is 0 Å². The standard InChI is InChI=1S/C21H22N2O3S/c24-21(20-14-22-16-27-20)23-12-4-5-13-25-18-8-10-19(11-9-18)26-15-17-6-2-1-3-7-17/h1-3,6-11,14,16H,4-5,12-13,15H2,(H,23,24). The SMILES string of the molecule is O=C(NCCCCOc1ccc(OCc2ccccc2)cc1)c1cncs1. The number of ether oxygens (including phenoxy) is 2. The van der Waals surface area contributed by atoms with E-state index in [9.17, 15) is 4.79 Å². The van der Waals surface area contributed by atoms with Gasteiger partial charge in [0.15, 0.2) is 0 Å². The summed E-state index contributed by atoms with van der Waals surface area (Å²) >= 11 is 1.34. The van der Waals surface area contributed by atoms with Crippen LogP contribution in [0.4, 0.5) is 0 Å². The molecule has 140 valence electrons. The molecule has 3 aromatic rings. The second-order valence-corrected chi connectivity index (χ2v) is 6.81. The number of benzene rings is 2. The van der Waals surface area contributed by atoms with Gasteiger partial charge in [-0.15, -0.1) is 11.3 Å². The van der Waals surface area contributed by atoms with Gasteiger partial charge in [0.2, 0.25) is 0 Å². The first-order valence-corrected chi connectivity index (χ1v) is 9.75. The van der Waals surface area contributed by atoms with Crippen LogP contribution in [0.25, 0.3) is 0 Å². The summed E-state index contributed by atoms with van der Waals surface area (Å²) in [6, 6.07) is 17.7. The number of hydrogen-bond donors (Lipinski definition) is 1. The Morgan fingerprint density at radius 1 is 0.963 bits per heavy atom. The predicted octanol–water partition coefficient (Wildman–Crippen LogP) is 4.31. The summed E-state index contributed by atoms with van der Waals surface area (Å²) in [5, 5.41) is 2.88. The zero-order valence-corrected chi connectivity index (χ0v) is 15.8. The molecule has 1 heterocycles. The Kier molecular flexibility index (Phi) is 7.24. The first-order chi connectivity index (χ1) is 13.3. The Bertz CT molecular complexity index is 805. The molecule has 0 aliphatic rings. The lowest BCUT2D eigenvalue weighted by atomic mass is 10.2. The normalized spacial score (nSPS) is 10.4. The molecule has 27 heavy (non-hydrogen) atoms. The highest BCUT2D eigenvalue weighted by Gasteiger charge is 2.05. The van der Waals surface area contributed by atoms with E-state index in [2.05, 4.69) is 10.3 Å². The minimum absolute atomic E-state index is 0.0653. The van der Waals surface area contributed by atoms with Gasteiger partial charge >= 0.3 is 0 Å². The summed E-state index contributed by atoms with van der Waals surface area (Å²) in [5.74, 6) is 1.57. The summed E-state index contributed by atoms with van der Waals surface area (Å²) in [6.45, 7) is 1.79. The molecule has 1 amide bonds. The molecular weight excluding hydrogens is 360 g/mol. The monoisotopic (exact) mass is 382 g/mol. The number of carbonyl (C=O) groups is 1. The highest BCUT2D eigenvalue weighted by atomic mass is 32.1. The van der Waals surface area contributed by atoms with Crippen molar-refractivity contribution in [2.75, 3.05) is 13.2 Å². The van der Waals surface area contributed by atoms with Crippen molar-refractivity contribution in [2.24, 2.45) is 0 Å². The molecule has 0 fully saturated rings. The van der Waals surface area contributed by atoms with Crippen LogP contribution in [0.15, 0.2) is 66.3 Å². The van der Waals surface area contributed by atoms with Crippen molar-refractivity contribution >= 4 is 17.2 Å². The average molecular weight is 382 g/mol. The molecule has 0 radical (unpaired) electrons. The Labute approximate surface area is 163 Å². The number of unbranched alkanes of at least 4 members (excludes halogenated alkanes) is 1. The number of carbonyl (C=O) groups excluding carboxylic acids is 1. The fourth-order valence-corrected chi connectivity index (χ4v) is 2.94. The van der Waals surface area contributed by atoms with Gasteiger partial charge in [-0.3, -0.25) is 9.78 Å². The second-order valence-electron chi connectivity index (χ2n) is 5.92. The van der Waals surface area contributed by atoms with Crippen LogP contribution in [-0.4, -0.2) is 24.0 Å². The van der Waals surface area contributed by atoms with E-state index in [1.807, 2.05) is 54.6 Å². The molecule has 0 saturated carbocycles. The van der Waals surface area contributed by atoms with Crippen LogP contribution < -0.4 is 14.8 Å². The van der Waals surface area contributed by atoms with Crippen molar-refractivity contribution in [2.45, 2.75) is 19.4 Å². The van der Waals surface area contributed by atoms with E-state index in [1.54, 1.807) is 11.7 Å². The van der Waals surface area contributed by atoms with Gasteiger partial charge in [-0.1, -0.05) is 30.3 Å². The molecule has 0 aliphatic heterocycles. The molecule has 6 heteroatoms. The molecule has 1 N–H and O–H groups in total. The third kappa shape index (κ3) is 6.42. The molecule has 0 atom stereocenters. The molecule has 0 saturated heterocycles. The quantitative estimate of drug-likeness (QED) is 0.531. The average Bonchev–Trinajstić information content (AvgIpc) is 3.25. The number of hydrogen-bond acceptors (Lipinski definition) is 5. The van der Waals surface area contributed by atoms with E-state index in [0.29, 0.717) is 24.6 Å². The highest BCUT2D eigenvalue weighted by molar-refractivity contribution is 7.11. The highest BCUT2D eigenvalue weighted by Crippen LogP contribution is 2.19. The van der Waals surface area contributed by atoms with Crippen LogP contribution in [0.2, 0.25) is 0 Å². The number of nitrogens with one attached hydrogen (secondary N) is 1. The summed E-state index contributed by atoms with van der Waals surface area (Å²) in [4.78, 5) is 16.3. The van der Waals surface area contributed by atoms with Crippen molar-refractivity contribution in [1.29, 1.82) is 0 Å². The van der Waals surface area contributed by atoms with Crippen molar-refractivity contribution in [3.8, 4) is 11.5 Å². The zero-order valence-electron chi connectivity index (χ0n) is 15.0. The van der Waals surface area contributed by atoms with Crippen LogP contribution in [0.5, 0.6) is 11.5 Å². The van der Waals surface area contributed by atoms with Crippen molar-refractivity contribution in [1.82, 2.24) is 10.3 Å². The van der Waals surface area contributed by atoms with Crippen molar-refractivity contribution in [3.05, 3.63) is 76.7 Å². The lowest BCUT2D eigenvalue weighted by Crippen LogP contribution is -2.23. The van der Waals surface area contributed by atoms with Gasteiger partial charge in [-0.25, -0.2) is 0 Å². The number of thiazole rings is 1. The Balaban J connectivity index is 1.29. The molecule has 5 nitrogen and oxygen atoms in total. The summed E-state index contributed by atoms with van der Waals surface area (Å²) in [7, 11) is 0. The summed E-state index contributed by atoms with van der Waals surface area (Å²) in [5.41, 5.74) is 2.79. The summed E-state index contributed by atoms with van der Waals surface area (Å²) < 4.78 is 11.5. The van der Waals surface area contributed by atoms with Gasteiger partial charge in [0.25, 0.3) is 5.91 Å². The maximum Gasteiger partial charge on any atom is 0.262 e. The van der Waals surface area contributed by atoms with Crippen molar-refractivity contribution < 1.29 is 14.3 Å². The first kappa shape index (κ1) is 18.9. The molecular formula is C21H22N2O3S. The summed E-state index contributed by atoms with van der Waals surface area (Å²) in [6.07, 6.45) is 3.31. The second kappa shape index (κ2) is 10.3. The lowest BCUT2D eigenvalue weighted by molar-refractivity contribution is 0.0956. The topological polar surface area (TPSA) is 60.5 Å². The van der Waals surface area contributed by atoms with E-state index in [0.717, 1.165) is 29.9 Å². The molecule has 0 spiro atoms. The van der Waals surface area contributed by atoms with Crippen LogP contribution in [0.1, 0.15) is 28.1 Å². The van der Waals surface area contributed by atoms with E-state index >= 15 is 0 Å². The maximum atomic E-state index is 11.8. The number of amides is 1. The largest absolute Gasteiger partial charge is 0.494 e. The fourth-order valence-electron chi connectivity index (χ4n) is 2.41. The molecule has 0 bridgehead atoms. The first-order valence-electron chi connectivity index (χ1n) is 8.87. The zero-order chi connectivity index (χ0) is 18.7. The minimum atomic E-state index is -0.0653. The van der Waals surface area contributed by atoms with Crippen LogP contribution in [0.3, 0.4) is 0 Å². The third-order valence-electron chi connectivity index (χ3n) is 3.85. The predicted molar refractivity (Wildman–Crippen MR) is 106 cm³/mol. The Morgan fingerprint density at radius 3 is 2.41 bits per heavy atom. The smallest absolute Gasteiger partial charge is 0.262 e. The fraction of sp³-hybridized carbons (Fsp3) is 0.238. The molecule has 2 aromatic carbocycles. The van der Waals surface area contributed by atoms with Gasteiger partial charge in [0, 0.05) is 6.54 Å². The Morgan fingerprint density at radius 2 is 1.70 bits per heavy atom.